The van der Waals surface area contributed by atoms with Gasteiger partial charge in [0.1, 0.15) is 5.69 Å². The molecular formula is C12H8N2O. The van der Waals surface area contributed by atoms with Crippen LogP contribution in [0.25, 0.3) is 16.6 Å². The SMILES string of the molecule is O=c1ccn2ccnc3ccccc3c1-2. The molecule has 0 radical (unpaired) electrons. The average molecular weight is 196 g/mol. The molecule has 0 bridgehead atoms. The lowest BCUT2D eigenvalue weighted by Gasteiger charge is -1.98. The van der Waals surface area contributed by atoms with Gasteiger partial charge in [0.25, 0.3) is 0 Å². The standard InChI is InChI=1S/C12H8N2O/c15-11-5-7-14-8-6-13-10-4-2-1-3-9(10)12(11)14/h1-8H. The minimum absolute atomic E-state index is 0.0317. The third kappa shape index (κ3) is 1.13. The topological polar surface area (TPSA) is 34.9 Å². The van der Waals surface area contributed by atoms with Gasteiger partial charge in [-0.1, -0.05) is 18.2 Å². The predicted molar refractivity (Wildman–Crippen MR) is 58.5 cm³/mol. The quantitative estimate of drug-likeness (QED) is 0.549. The van der Waals surface area contributed by atoms with Gasteiger partial charge < -0.3 is 4.57 Å². The Bertz CT molecular complexity index is 657. The zero-order valence-electron chi connectivity index (χ0n) is 7.92. The van der Waals surface area contributed by atoms with E-state index in [0.717, 1.165) is 10.9 Å². The van der Waals surface area contributed by atoms with E-state index in [1.807, 2.05) is 24.3 Å². The van der Waals surface area contributed by atoms with Crippen LogP contribution in [0.5, 0.6) is 0 Å². The first kappa shape index (κ1) is 8.17. The predicted octanol–water partition coefficient (Wildman–Crippen LogP) is 1.82. The van der Waals surface area contributed by atoms with Crippen molar-refractivity contribution < 1.29 is 0 Å². The maximum atomic E-state index is 11.7. The molecule has 0 fully saturated rings. The van der Waals surface area contributed by atoms with Gasteiger partial charge >= 0.3 is 0 Å². The van der Waals surface area contributed by atoms with Crippen molar-refractivity contribution in [1.82, 2.24) is 9.55 Å². The highest BCUT2D eigenvalue weighted by Crippen LogP contribution is 2.17. The highest BCUT2D eigenvalue weighted by molar-refractivity contribution is 5.86. The Labute approximate surface area is 86.0 Å². The smallest absolute Gasteiger partial charge is 0.204 e. The third-order valence-corrected chi connectivity index (χ3v) is 2.48. The van der Waals surface area contributed by atoms with E-state index in [-0.39, 0.29) is 5.43 Å². The maximum Gasteiger partial charge on any atom is 0.204 e. The van der Waals surface area contributed by atoms with E-state index >= 15 is 0 Å². The van der Waals surface area contributed by atoms with E-state index in [2.05, 4.69) is 4.98 Å². The summed E-state index contributed by atoms with van der Waals surface area (Å²) in [5.74, 6) is 0. The fourth-order valence-electron chi connectivity index (χ4n) is 1.80. The fraction of sp³-hybridized carbons (Fsp3) is 0. The molecule has 1 aromatic rings. The summed E-state index contributed by atoms with van der Waals surface area (Å²) in [5, 5.41) is 0.887. The number of rotatable bonds is 0. The van der Waals surface area contributed by atoms with Gasteiger partial charge in [0.2, 0.25) is 5.43 Å². The highest BCUT2D eigenvalue weighted by Gasteiger charge is 2.07. The molecule has 0 saturated carbocycles. The molecule has 72 valence electrons. The van der Waals surface area contributed by atoms with Crippen LogP contribution < -0.4 is 5.43 Å². The van der Waals surface area contributed by atoms with Crippen LogP contribution in [0.4, 0.5) is 0 Å². The van der Waals surface area contributed by atoms with Crippen LogP contribution in [0.3, 0.4) is 0 Å². The third-order valence-electron chi connectivity index (χ3n) is 2.48. The summed E-state index contributed by atoms with van der Waals surface area (Å²) in [6.45, 7) is 0. The highest BCUT2D eigenvalue weighted by atomic mass is 16.1. The second-order valence-corrected chi connectivity index (χ2v) is 3.38. The summed E-state index contributed by atoms with van der Waals surface area (Å²) in [5.41, 5.74) is 1.55. The van der Waals surface area contributed by atoms with E-state index in [0.29, 0.717) is 5.69 Å². The molecule has 3 heteroatoms. The Balaban J connectivity index is 2.63. The van der Waals surface area contributed by atoms with Gasteiger partial charge in [-0.25, -0.2) is 0 Å². The summed E-state index contributed by atoms with van der Waals surface area (Å²) >= 11 is 0. The first-order valence-corrected chi connectivity index (χ1v) is 4.71. The second-order valence-electron chi connectivity index (χ2n) is 3.38. The van der Waals surface area contributed by atoms with Gasteiger partial charge in [-0.05, 0) is 6.07 Å². The van der Waals surface area contributed by atoms with Crippen molar-refractivity contribution in [1.29, 1.82) is 0 Å². The fourth-order valence-corrected chi connectivity index (χ4v) is 1.80. The Hall–Kier alpha value is -2.16. The minimum atomic E-state index is 0.0317. The van der Waals surface area contributed by atoms with Crippen LogP contribution in [0, 0.1) is 0 Å². The summed E-state index contributed by atoms with van der Waals surface area (Å²) in [7, 11) is 0. The van der Waals surface area contributed by atoms with Crippen LogP contribution in [0.2, 0.25) is 0 Å². The normalized spacial score (nSPS) is 10.9. The van der Waals surface area contributed by atoms with Crippen molar-refractivity contribution in [3.8, 4) is 5.69 Å². The van der Waals surface area contributed by atoms with Crippen molar-refractivity contribution >= 4 is 10.9 Å². The number of aromatic nitrogens is 2. The van der Waals surface area contributed by atoms with Gasteiger partial charge in [0.05, 0.1) is 5.52 Å². The first-order chi connectivity index (χ1) is 7.36. The molecule has 1 aromatic carbocycles. The lowest BCUT2D eigenvalue weighted by molar-refractivity contribution is 1.09. The van der Waals surface area contributed by atoms with E-state index in [9.17, 15) is 4.79 Å². The molecule has 2 aliphatic rings. The molecule has 0 N–H and O–H groups in total. The minimum Gasteiger partial charge on any atom is -0.318 e. The lowest BCUT2D eigenvalue weighted by Crippen LogP contribution is -2.00. The average Bonchev–Trinajstić information content (AvgIpc) is 2.52. The van der Waals surface area contributed by atoms with E-state index in [4.69, 9.17) is 0 Å². The number of para-hydroxylation sites is 1. The van der Waals surface area contributed by atoms with Gasteiger partial charge in [-0.2, -0.15) is 0 Å². The zero-order chi connectivity index (χ0) is 10.3. The molecule has 3 nitrogen and oxygen atoms in total. The lowest BCUT2D eigenvalue weighted by atomic mass is 10.2. The molecule has 0 atom stereocenters. The zero-order valence-corrected chi connectivity index (χ0v) is 7.92. The van der Waals surface area contributed by atoms with Gasteiger partial charge in [-0.15, -0.1) is 0 Å². The van der Waals surface area contributed by atoms with Crippen LogP contribution in [0.15, 0.2) is 53.7 Å². The number of fused-ring (bicyclic) bond motifs is 3. The molecule has 0 aromatic heterocycles. The molecule has 0 spiro atoms. The number of nitrogens with zero attached hydrogens (tertiary/aromatic N) is 2. The molecule has 0 aliphatic carbocycles. The molecular weight excluding hydrogens is 188 g/mol. The largest absolute Gasteiger partial charge is 0.318 e. The second kappa shape index (κ2) is 2.92. The van der Waals surface area contributed by atoms with Crippen molar-refractivity contribution in [2.45, 2.75) is 0 Å². The molecule has 0 amide bonds. The number of benzene rings is 1. The molecule has 15 heavy (non-hydrogen) atoms. The maximum absolute atomic E-state index is 11.7. The van der Waals surface area contributed by atoms with Crippen molar-refractivity contribution in [2.75, 3.05) is 0 Å². The summed E-state index contributed by atoms with van der Waals surface area (Å²) < 4.78 is 1.80. The Morgan fingerprint density at radius 1 is 1.07 bits per heavy atom. The Morgan fingerprint density at radius 3 is 2.87 bits per heavy atom. The monoisotopic (exact) mass is 196 g/mol. The Morgan fingerprint density at radius 2 is 1.93 bits per heavy atom. The van der Waals surface area contributed by atoms with E-state index in [1.54, 1.807) is 29.2 Å². The number of hydrogen-bond donors (Lipinski definition) is 0. The first-order valence-electron chi connectivity index (χ1n) is 4.71. The summed E-state index contributed by atoms with van der Waals surface area (Å²) in [6, 6.07) is 9.22. The van der Waals surface area contributed by atoms with Gasteiger partial charge in [0.15, 0.2) is 0 Å². The summed E-state index contributed by atoms with van der Waals surface area (Å²) in [6.07, 6.45) is 5.25. The van der Waals surface area contributed by atoms with Crippen molar-refractivity contribution in [3.05, 3.63) is 59.1 Å². The van der Waals surface area contributed by atoms with Crippen LogP contribution in [-0.4, -0.2) is 9.55 Å². The van der Waals surface area contributed by atoms with E-state index in [1.165, 1.54) is 0 Å². The van der Waals surface area contributed by atoms with Crippen LogP contribution >= 0.6 is 0 Å². The Kier molecular flexibility index (Phi) is 1.59. The molecule has 2 aliphatic heterocycles. The molecule has 0 unspecified atom stereocenters. The summed E-state index contributed by atoms with van der Waals surface area (Å²) in [4.78, 5) is 16.0. The molecule has 2 heterocycles. The van der Waals surface area contributed by atoms with Crippen LogP contribution in [0.1, 0.15) is 0 Å². The van der Waals surface area contributed by atoms with Crippen molar-refractivity contribution in [3.63, 3.8) is 0 Å². The van der Waals surface area contributed by atoms with Gasteiger partial charge in [0, 0.05) is 30.0 Å². The molecule has 3 rings (SSSR count). The van der Waals surface area contributed by atoms with Gasteiger partial charge in [-0.3, -0.25) is 9.78 Å². The molecule has 0 saturated heterocycles. The number of hydrogen-bond acceptors (Lipinski definition) is 2. The van der Waals surface area contributed by atoms with Crippen molar-refractivity contribution in [2.24, 2.45) is 0 Å². The van der Waals surface area contributed by atoms with E-state index < -0.39 is 0 Å². The van der Waals surface area contributed by atoms with Crippen LogP contribution in [-0.2, 0) is 0 Å².